The number of benzene rings is 2. The molecule has 2 aromatic carbocycles. The van der Waals surface area contributed by atoms with E-state index in [2.05, 4.69) is 0 Å². The van der Waals surface area contributed by atoms with Gasteiger partial charge in [-0.1, -0.05) is 48.0 Å². The monoisotopic (exact) mass is 399 g/mol. The first-order valence-electron chi connectivity index (χ1n) is 9.02. The molecule has 2 aliphatic carbocycles. The van der Waals surface area contributed by atoms with Crippen molar-refractivity contribution in [2.24, 2.45) is 5.41 Å². The summed E-state index contributed by atoms with van der Waals surface area (Å²) in [4.78, 5) is 38.7. The van der Waals surface area contributed by atoms with Crippen molar-refractivity contribution >= 4 is 23.2 Å². The Balaban J connectivity index is 2.03. The normalized spacial score (nSPS) is 28.4. The standard InChI is InChI=1S/C21H18ClNO5/c1-20(26)11-10-16(23(27)28)17(12-6-8-13(22)9-7-12)21(20)18(24)14-4-2-3-5-15(14)19(21)25/h2-9,16-17,26H,10-11H2,1H3/t16-,17+,20+/m1/s1. The number of hydrogen-bond donors (Lipinski definition) is 1. The number of Topliss-reactive ketones (excluding diaryl/α,β-unsaturated/α-hetero) is 2. The highest BCUT2D eigenvalue weighted by atomic mass is 35.5. The Morgan fingerprint density at radius 3 is 2.11 bits per heavy atom. The fourth-order valence-electron chi connectivity index (χ4n) is 4.96. The van der Waals surface area contributed by atoms with Gasteiger partial charge in [-0.05, 0) is 31.0 Å². The number of nitrogens with zero attached hydrogens (tertiary/aromatic N) is 1. The summed E-state index contributed by atoms with van der Waals surface area (Å²) in [7, 11) is 0. The molecule has 1 saturated carbocycles. The first-order chi connectivity index (χ1) is 13.2. The van der Waals surface area contributed by atoms with Crippen LogP contribution in [-0.4, -0.2) is 33.2 Å². The van der Waals surface area contributed by atoms with Crippen LogP contribution in [0.5, 0.6) is 0 Å². The first kappa shape index (κ1) is 18.8. The number of nitro groups is 1. The second kappa shape index (κ2) is 6.22. The molecule has 0 saturated heterocycles. The zero-order valence-corrected chi connectivity index (χ0v) is 15.8. The molecule has 1 spiro atoms. The molecule has 2 aliphatic rings. The maximum Gasteiger partial charge on any atom is 0.221 e. The number of rotatable bonds is 2. The number of carbonyl (C=O) groups excluding carboxylic acids is 2. The number of ketones is 2. The van der Waals surface area contributed by atoms with Gasteiger partial charge in [-0.15, -0.1) is 0 Å². The van der Waals surface area contributed by atoms with Crippen LogP contribution in [0, 0.1) is 15.5 Å². The second-order valence-electron chi connectivity index (χ2n) is 7.71. The zero-order valence-electron chi connectivity index (χ0n) is 15.1. The molecule has 0 aromatic heterocycles. The van der Waals surface area contributed by atoms with Crippen LogP contribution >= 0.6 is 11.6 Å². The SMILES string of the molecule is C[C@]1(O)CC[C@@H]([N+](=O)[O-])[C@H](c2ccc(Cl)cc2)C12C(=O)c1ccccc1C2=O. The van der Waals surface area contributed by atoms with Crippen LogP contribution in [0.2, 0.25) is 5.02 Å². The molecule has 0 aliphatic heterocycles. The summed E-state index contributed by atoms with van der Waals surface area (Å²) in [5.41, 5.74) is -2.82. The van der Waals surface area contributed by atoms with Crippen molar-refractivity contribution in [2.75, 3.05) is 0 Å². The molecule has 0 heterocycles. The third-order valence-corrected chi connectivity index (χ3v) is 6.51. The summed E-state index contributed by atoms with van der Waals surface area (Å²) in [6.07, 6.45) is 0.0418. The average molecular weight is 400 g/mol. The molecule has 28 heavy (non-hydrogen) atoms. The molecule has 0 radical (unpaired) electrons. The Morgan fingerprint density at radius 2 is 1.61 bits per heavy atom. The van der Waals surface area contributed by atoms with E-state index in [4.69, 9.17) is 11.6 Å². The van der Waals surface area contributed by atoms with Crippen LogP contribution in [0.1, 0.15) is 52.0 Å². The van der Waals surface area contributed by atoms with Gasteiger partial charge in [0.05, 0.1) is 11.5 Å². The molecular weight excluding hydrogens is 382 g/mol. The van der Waals surface area contributed by atoms with Crippen molar-refractivity contribution in [1.29, 1.82) is 0 Å². The van der Waals surface area contributed by atoms with Gasteiger partial charge in [0, 0.05) is 27.5 Å². The third-order valence-electron chi connectivity index (χ3n) is 6.26. The van der Waals surface area contributed by atoms with Gasteiger partial charge in [0.15, 0.2) is 11.6 Å². The maximum absolute atomic E-state index is 13.6. The van der Waals surface area contributed by atoms with Gasteiger partial charge >= 0.3 is 0 Å². The number of aliphatic hydroxyl groups is 1. The lowest BCUT2D eigenvalue weighted by atomic mass is 9.52. The van der Waals surface area contributed by atoms with Crippen molar-refractivity contribution in [3.05, 3.63) is 80.4 Å². The Labute approximate surface area is 166 Å². The zero-order chi connectivity index (χ0) is 20.3. The molecule has 6 nitrogen and oxygen atoms in total. The van der Waals surface area contributed by atoms with Gasteiger partial charge in [-0.2, -0.15) is 0 Å². The average Bonchev–Trinajstić information content (AvgIpc) is 2.88. The van der Waals surface area contributed by atoms with E-state index >= 15 is 0 Å². The number of halogens is 1. The van der Waals surface area contributed by atoms with E-state index in [1.165, 1.54) is 19.1 Å². The van der Waals surface area contributed by atoms with Crippen LogP contribution in [0.25, 0.3) is 0 Å². The summed E-state index contributed by atoms with van der Waals surface area (Å²) in [5, 5.41) is 23.7. The summed E-state index contributed by atoms with van der Waals surface area (Å²) < 4.78 is 0. The molecule has 0 unspecified atom stereocenters. The second-order valence-corrected chi connectivity index (χ2v) is 8.14. The molecule has 4 rings (SSSR count). The highest BCUT2D eigenvalue weighted by Gasteiger charge is 2.72. The minimum atomic E-state index is -1.94. The van der Waals surface area contributed by atoms with E-state index < -0.39 is 39.5 Å². The van der Waals surface area contributed by atoms with E-state index in [0.717, 1.165) is 0 Å². The van der Waals surface area contributed by atoms with E-state index in [1.54, 1.807) is 36.4 Å². The molecular formula is C21H18ClNO5. The highest BCUT2D eigenvalue weighted by Crippen LogP contribution is 2.59. The number of fused-ring (bicyclic) bond motifs is 1. The lowest BCUT2D eigenvalue weighted by Crippen LogP contribution is -2.63. The quantitative estimate of drug-likeness (QED) is 0.472. The smallest absolute Gasteiger partial charge is 0.221 e. The third kappa shape index (κ3) is 2.31. The molecule has 7 heteroatoms. The Kier molecular flexibility index (Phi) is 4.17. The number of hydrogen-bond acceptors (Lipinski definition) is 5. The Morgan fingerprint density at radius 1 is 1.07 bits per heavy atom. The van der Waals surface area contributed by atoms with Gasteiger partial charge in [0.2, 0.25) is 6.04 Å². The molecule has 0 bridgehead atoms. The molecule has 2 aromatic rings. The maximum atomic E-state index is 13.6. The molecule has 0 amide bonds. The molecule has 144 valence electrons. The van der Waals surface area contributed by atoms with Crippen molar-refractivity contribution < 1.29 is 19.6 Å². The first-order valence-corrected chi connectivity index (χ1v) is 9.39. The summed E-state index contributed by atoms with van der Waals surface area (Å²) in [6, 6.07) is 11.5. The van der Waals surface area contributed by atoms with E-state index in [0.29, 0.717) is 10.6 Å². The van der Waals surface area contributed by atoms with Crippen LogP contribution in [0.3, 0.4) is 0 Å². The van der Waals surface area contributed by atoms with Crippen molar-refractivity contribution in [2.45, 2.75) is 37.3 Å². The largest absolute Gasteiger partial charge is 0.389 e. The van der Waals surface area contributed by atoms with Crippen molar-refractivity contribution in [3.8, 4) is 0 Å². The van der Waals surface area contributed by atoms with Gasteiger partial charge in [-0.25, -0.2) is 0 Å². The van der Waals surface area contributed by atoms with E-state index in [-0.39, 0.29) is 24.0 Å². The van der Waals surface area contributed by atoms with Crippen LogP contribution in [0.15, 0.2) is 48.5 Å². The lowest BCUT2D eigenvalue weighted by molar-refractivity contribution is -0.535. The molecule has 3 atom stereocenters. The fourth-order valence-corrected chi connectivity index (χ4v) is 5.09. The van der Waals surface area contributed by atoms with E-state index in [9.17, 15) is 24.8 Å². The number of carbonyl (C=O) groups is 2. The lowest BCUT2D eigenvalue weighted by Gasteiger charge is -2.49. The van der Waals surface area contributed by atoms with E-state index in [1.807, 2.05) is 0 Å². The minimum absolute atomic E-state index is 0.0196. The van der Waals surface area contributed by atoms with Crippen LogP contribution in [-0.2, 0) is 0 Å². The van der Waals surface area contributed by atoms with Crippen LogP contribution in [0.4, 0.5) is 0 Å². The fraction of sp³-hybridized carbons (Fsp3) is 0.333. The summed E-state index contributed by atoms with van der Waals surface area (Å²) in [5.74, 6) is -2.20. The highest BCUT2D eigenvalue weighted by molar-refractivity contribution is 6.31. The predicted octanol–water partition coefficient (Wildman–Crippen LogP) is 3.68. The van der Waals surface area contributed by atoms with Gasteiger partial charge < -0.3 is 5.11 Å². The van der Waals surface area contributed by atoms with Crippen LogP contribution < -0.4 is 0 Å². The van der Waals surface area contributed by atoms with Gasteiger partial charge in [0.25, 0.3) is 0 Å². The Hall–Kier alpha value is -2.57. The topological polar surface area (TPSA) is 97.5 Å². The summed E-state index contributed by atoms with van der Waals surface area (Å²) >= 11 is 5.97. The summed E-state index contributed by atoms with van der Waals surface area (Å²) in [6.45, 7) is 1.44. The van der Waals surface area contributed by atoms with Crippen molar-refractivity contribution in [1.82, 2.24) is 0 Å². The van der Waals surface area contributed by atoms with Gasteiger partial charge in [-0.3, -0.25) is 19.7 Å². The Bertz CT molecular complexity index is 963. The predicted molar refractivity (Wildman–Crippen MR) is 102 cm³/mol. The minimum Gasteiger partial charge on any atom is -0.389 e. The molecule has 1 N–H and O–H groups in total. The van der Waals surface area contributed by atoms with Gasteiger partial charge in [0.1, 0.15) is 5.41 Å². The molecule has 1 fully saturated rings. The van der Waals surface area contributed by atoms with Crippen molar-refractivity contribution in [3.63, 3.8) is 0 Å².